The van der Waals surface area contributed by atoms with Crippen LogP contribution in [-0.4, -0.2) is 9.38 Å². The molecular formula is C61H36N2. The molecule has 0 bridgehead atoms. The molecule has 2 heterocycles. The Morgan fingerprint density at radius 3 is 1.59 bits per heavy atom. The maximum atomic E-state index is 5.48. The minimum Gasteiger partial charge on any atom is -0.291 e. The van der Waals surface area contributed by atoms with Crippen molar-refractivity contribution in [3.05, 3.63) is 218 Å². The monoisotopic (exact) mass is 796 g/mol. The summed E-state index contributed by atoms with van der Waals surface area (Å²) in [5, 5.41) is 18.4. The van der Waals surface area contributed by atoms with Gasteiger partial charge >= 0.3 is 0 Å². The highest BCUT2D eigenvalue weighted by atomic mass is 15.0. The Morgan fingerprint density at radius 1 is 0.286 bits per heavy atom. The summed E-state index contributed by atoms with van der Waals surface area (Å²) in [5.41, 5.74) is 11.7. The van der Waals surface area contributed by atoms with Crippen LogP contribution in [0.4, 0.5) is 0 Å². The fraction of sp³-hybridized carbons (Fsp3) is 0. The third-order valence-electron chi connectivity index (χ3n) is 13.7. The van der Waals surface area contributed by atoms with Gasteiger partial charge in [0.1, 0.15) is 5.65 Å². The molecule has 0 aliphatic carbocycles. The molecule has 0 atom stereocenters. The molecule has 2 heteroatoms. The van der Waals surface area contributed by atoms with E-state index in [0.717, 1.165) is 27.6 Å². The molecule has 0 radical (unpaired) electrons. The van der Waals surface area contributed by atoms with E-state index in [2.05, 4.69) is 223 Å². The molecule has 2 nitrogen and oxygen atoms in total. The lowest BCUT2D eigenvalue weighted by molar-refractivity contribution is 1.32. The van der Waals surface area contributed by atoms with Crippen molar-refractivity contribution in [2.24, 2.45) is 0 Å². The van der Waals surface area contributed by atoms with Crippen molar-refractivity contribution in [3.63, 3.8) is 0 Å². The van der Waals surface area contributed by atoms with E-state index in [1.807, 2.05) is 0 Å². The zero-order valence-corrected chi connectivity index (χ0v) is 34.2. The first-order valence-corrected chi connectivity index (χ1v) is 21.8. The van der Waals surface area contributed by atoms with Crippen molar-refractivity contribution in [3.8, 4) is 33.4 Å². The van der Waals surface area contributed by atoms with E-state index in [1.54, 1.807) is 0 Å². The summed E-state index contributed by atoms with van der Waals surface area (Å²) in [5.74, 6) is 0. The van der Waals surface area contributed by atoms with E-state index in [4.69, 9.17) is 4.98 Å². The SMILES string of the molecule is c1ccc2cc(-c3c4ccccc4c(-c4cccc5ccccc45)c4ccc(-c5ccc6c(c5)c5ccccc5c5nc7c8ccccc8c8ccccc8c7n65)cc34)ccc2c1. The van der Waals surface area contributed by atoms with Gasteiger partial charge in [-0.1, -0.05) is 194 Å². The van der Waals surface area contributed by atoms with Crippen molar-refractivity contribution in [2.45, 2.75) is 0 Å². The van der Waals surface area contributed by atoms with Gasteiger partial charge in [0.15, 0.2) is 0 Å². The van der Waals surface area contributed by atoms with E-state index < -0.39 is 0 Å². The van der Waals surface area contributed by atoms with Crippen LogP contribution in [0.3, 0.4) is 0 Å². The van der Waals surface area contributed by atoms with Gasteiger partial charge in [-0.25, -0.2) is 4.98 Å². The lowest BCUT2D eigenvalue weighted by Gasteiger charge is -2.20. The first-order chi connectivity index (χ1) is 31.3. The maximum absolute atomic E-state index is 5.48. The highest BCUT2D eigenvalue weighted by Gasteiger charge is 2.21. The molecule has 0 saturated heterocycles. The van der Waals surface area contributed by atoms with E-state index >= 15 is 0 Å². The van der Waals surface area contributed by atoms with Crippen molar-refractivity contribution >= 4 is 103 Å². The first kappa shape index (κ1) is 34.4. The summed E-state index contributed by atoms with van der Waals surface area (Å²) < 4.78 is 2.42. The highest BCUT2D eigenvalue weighted by molar-refractivity contribution is 6.27. The van der Waals surface area contributed by atoms with Crippen LogP contribution in [0.1, 0.15) is 0 Å². The fourth-order valence-electron chi connectivity index (χ4n) is 10.9. The third-order valence-corrected chi connectivity index (χ3v) is 13.7. The number of nitrogens with zero attached hydrogens (tertiary/aromatic N) is 2. The molecule has 0 aliphatic heterocycles. The fourth-order valence-corrected chi connectivity index (χ4v) is 10.9. The third kappa shape index (κ3) is 4.92. The number of hydrogen-bond donors (Lipinski definition) is 0. The molecule has 0 fully saturated rings. The number of benzene rings is 12. The predicted molar refractivity (Wildman–Crippen MR) is 269 cm³/mol. The molecule has 0 saturated carbocycles. The summed E-state index contributed by atoms with van der Waals surface area (Å²) in [6, 6.07) is 80.7. The smallest absolute Gasteiger partial charge is 0.146 e. The average Bonchev–Trinajstić information content (AvgIpc) is 3.77. The normalized spacial score (nSPS) is 12.1. The van der Waals surface area contributed by atoms with Crippen molar-refractivity contribution in [1.29, 1.82) is 0 Å². The van der Waals surface area contributed by atoms with Gasteiger partial charge in [-0.15, -0.1) is 0 Å². The molecule has 290 valence electrons. The Hall–Kier alpha value is -8.33. The second-order valence-corrected chi connectivity index (χ2v) is 17.0. The molecule has 0 unspecified atom stereocenters. The summed E-state index contributed by atoms with van der Waals surface area (Å²) in [6.45, 7) is 0. The Balaban J connectivity index is 1.08. The molecule has 0 aliphatic rings. The van der Waals surface area contributed by atoms with E-state index in [-0.39, 0.29) is 0 Å². The molecule has 63 heavy (non-hydrogen) atoms. The Morgan fingerprint density at radius 2 is 0.810 bits per heavy atom. The Labute approximate surface area is 362 Å². The molecular weight excluding hydrogens is 761 g/mol. The number of imidazole rings is 1. The maximum Gasteiger partial charge on any atom is 0.146 e. The Kier molecular flexibility index (Phi) is 7.14. The summed E-state index contributed by atoms with van der Waals surface area (Å²) in [6.07, 6.45) is 0. The number of pyridine rings is 1. The zero-order valence-electron chi connectivity index (χ0n) is 34.2. The van der Waals surface area contributed by atoms with Gasteiger partial charge in [0.05, 0.1) is 16.6 Å². The van der Waals surface area contributed by atoms with Gasteiger partial charge in [0, 0.05) is 21.5 Å². The standard InChI is InChI=1S/C61H36N2/c1-2-16-39-34-42(29-28-37(39)14-1)57-48-22-8-9-23-49(48)58(47-27-13-17-38-15-3-4-18-43(38)47)50-32-30-40(36-55(50)57)41-31-33-56-54(35-41)46-21-7-12-26-53(46)61-62-59-51-24-10-5-19-44(51)45-20-6-11-25-52(45)60(59)63(56)61/h1-36H. The molecule has 12 aromatic carbocycles. The summed E-state index contributed by atoms with van der Waals surface area (Å²) in [4.78, 5) is 5.48. The largest absolute Gasteiger partial charge is 0.291 e. The summed E-state index contributed by atoms with van der Waals surface area (Å²) in [7, 11) is 0. The zero-order chi connectivity index (χ0) is 41.2. The molecule has 2 aromatic heterocycles. The van der Waals surface area contributed by atoms with Gasteiger partial charge in [-0.2, -0.15) is 0 Å². The van der Waals surface area contributed by atoms with Crippen molar-refractivity contribution in [1.82, 2.24) is 9.38 Å². The molecule has 14 rings (SSSR count). The summed E-state index contributed by atoms with van der Waals surface area (Å²) >= 11 is 0. The van der Waals surface area contributed by atoms with Crippen LogP contribution in [-0.2, 0) is 0 Å². The lowest BCUT2D eigenvalue weighted by Crippen LogP contribution is -1.94. The molecule has 0 amide bonds. The van der Waals surface area contributed by atoms with E-state index in [1.165, 1.54) is 109 Å². The van der Waals surface area contributed by atoms with E-state index in [0.29, 0.717) is 0 Å². The van der Waals surface area contributed by atoms with E-state index in [9.17, 15) is 0 Å². The molecule has 14 aromatic rings. The number of fused-ring (bicyclic) bond motifs is 17. The van der Waals surface area contributed by atoms with Gasteiger partial charge in [-0.3, -0.25) is 4.40 Å². The molecule has 0 spiro atoms. The first-order valence-electron chi connectivity index (χ1n) is 21.8. The average molecular weight is 797 g/mol. The van der Waals surface area contributed by atoms with Crippen LogP contribution < -0.4 is 0 Å². The quantitative estimate of drug-likeness (QED) is 0.129. The number of rotatable bonds is 3. The van der Waals surface area contributed by atoms with Gasteiger partial charge in [0.2, 0.25) is 0 Å². The molecule has 0 N–H and O–H groups in total. The van der Waals surface area contributed by atoms with Crippen LogP contribution in [0.2, 0.25) is 0 Å². The van der Waals surface area contributed by atoms with Crippen LogP contribution in [0, 0.1) is 0 Å². The lowest BCUT2D eigenvalue weighted by atomic mass is 9.83. The van der Waals surface area contributed by atoms with Gasteiger partial charge < -0.3 is 0 Å². The van der Waals surface area contributed by atoms with Crippen LogP contribution in [0.15, 0.2) is 218 Å². The highest BCUT2D eigenvalue weighted by Crippen LogP contribution is 2.47. The topological polar surface area (TPSA) is 17.3 Å². The van der Waals surface area contributed by atoms with Gasteiger partial charge in [-0.05, 0) is 117 Å². The minimum absolute atomic E-state index is 0.987. The van der Waals surface area contributed by atoms with Crippen LogP contribution >= 0.6 is 0 Å². The van der Waals surface area contributed by atoms with Crippen LogP contribution in [0.25, 0.3) is 136 Å². The number of hydrogen-bond acceptors (Lipinski definition) is 1. The number of aromatic nitrogens is 2. The van der Waals surface area contributed by atoms with Crippen LogP contribution in [0.5, 0.6) is 0 Å². The van der Waals surface area contributed by atoms with Crippen molar-refractivity contribution in [2.75, 3.05) is 0 Å². The minimum atomic E-state index is 0.987. The van der Waals surface area contributed by atoms with Crippen molar-refractivity contribution < 1.29 is 0 Å². The Bertz CT molecular complexity index is 4260. The second-order valence-electron chi connectivity index (χ2n) is 17.0. The van der Waals surface area contributed by atoms with Gasteiger partial charge in [0.25, 0.3) is 0 Å². The predicted octanol–water partition coefficient (Wildman–Crippen LogP) is 16.7. The second kappa shape index (κ2) is 13.1.